The predicted molar refractivity (Wildman–Crippen MR) is 18.0 cm³/mol. The Labute approximate surface area is 59.7 Å². The molecule has 0 aromatic carbocycles. The van der Waals surface area contributed by atoms with Crippen molar-refractivity contribution < 1.29 is 45.5 Å². The summed E-state index contributed by atoms with van der Waals surface area (Å²) < 4.78 is 9.33. The minimum absolute atomic E-state index is 0. The molecule has 0 amide bonds. The summed E-state index contributed by atoms with van der Waals surface area (Å²) in [4.78, 5) is 15.3. The Balaban J connectivity index is 0. The van der Waals surface area contributed by atoms with E-state index in [9.17, 15) is 4.57 Å². The maximum Gasteiger partial charge on any atom is 0.322 e. The van der Waals surface area contributed by atoms with Crippen LogP contribution in [0.25, 0.3) is 0 Å². The fourth-order valence-electron chi connectivity index (χ4n) is 0. The van der Waals surface area contributed by atoms with Gasteiger partial charge in [0.2, 0.25) is 0 Å². The Morgan fingerprint density at radius 1 is 1.50 bits per heavy atom. The van der Waals surface area contributed by atoms with Gasteiger partial charge in [-0.05, 0) is 0 Å². The third kappa shape index (κ3) is 63.6. The molecule has 6 heavy (non-hydrogen) atoms. The minimum atomic E-state index is -3.64. The Morgan fingerprint density at radius 3 is 1.50 bits per heavy atom. The SMILES string of the molecule is CP(=O)(O)O.[U]. The third-order valence-corrected chi connectivity index (χ3v) is 0. The van der Waals surface area contributed by atoms with Crippen LogP contribution >= 0.6 is 7.60 Å². The summed E-state index contributed by atoms with van der Waals surface area (Å²) in [7, 11) is -3.64. The molecule has 5 heteroatoms. The van der Waals surface area contributed by atoms with Crippen LogP contribution in [-0.2, 0) is 4.57 Å². The first-order valence-electron chi connectivity index (χ1n) is 1.03. The van der Waals surface area contributed by atoms with Gasteiger partial charge < -0.3 is 9.79 Å². The summed E-state index contributed by atoms with van der Waals surface area (Å²) in [6.45, 7) is 0.854. The van der Waals surface area contributed by atoms with E-state index in [1.807, 2.05) is 0 Å². The predicted octanol–water partition coefficient (Wildman–Crippen LogP) is -0.206. The molecule has 0 aliphatic rings. The molecule has 0 aromatic rings. The molecule has 0 saturated heterocycles. The van der Waals surface area contributed by atoms with Crippen molar-refractivity contribution in [2.75, 3.05) is 6.66 Å². The van der Waals surface area contributed by atoms with E-state index in [4.69, 9.17) is 9.79 Å². The van der Waals surface area contributed by atoms with E-state index < -0.39 is 7.60 Å². The minimum Gasteiger partial charge on any atom is -0.325 e. The zero-order valence-corrected chi connectivity index (χ0v) is 8.31. The molecule has 0 aliphatic heterocycles. The van der Waals surface area contributed by atoms with Gasteiger partial charge in [-0.25, -0.2) is 0 Å². The molecule has 0 spiro atoms. The van der Waals surface area contributed by atoms with Gasteiger partial charge in [-0.1, -0.05) is 0 Å². The largest absolute Gasteiger partial charge is 0.325 e. The van der Waals surface area contributed by atoms with Gasteiger partial charge in [0, 0.05) is 37.8 Å². The molecule has 0 fully saturated rings. The Bertz CT molecular complexity index is 56.9. The molecule has 3 nitrogen and oxygen atoms in total. The molecule has 0 atom stereocenters. The second-order valence-corrected chi connectivity index (χ2v) is 2.51. The van der Waals surface area contributed by atoms with Gasteiger partial charge in [0.1, 0.15) is 0 Å². The topological polar surface area (TPSA) is 57.5 Å². The van der Waals surface area contributed by atoms with Crippen molar-refractivity contribution in [1.29, 1.82) is 0 Å². The third-order valence-electron chi connectivity index (χ3n) is 0. The van der Waals surface area contributed by atoms with Crippen LogP contribution in [0, 0.1) is 31.1 Å². The van der Waals surface area contributed by atoms with Gasteiger partial charge in [-0.2, -0.15) is 0 Å². The van der Waals surface area contributed by atoms with Crippen molar-refractivity contribution in [1.82, 2.24) is 0 Å². The van der Waals surface area contributed by atoms with Crippen LogP contribution in [0.1, 0.15) is 0 Å². The van der Waals surface area contributed by atoms with Gasteiger partial charge in [-0.3, -0.25) is 4.57 Å². The molecule has 36 valence electrons. The van der Waals surface area contributed by atoms with E-state index in [1.54, 1.807) is 0 Å². The van der Waals surface area contributed by atoms with E-state index in [0.29, 0.717) is 0 Å². The first-order chi connectivity index (χ1) is 2.00. The fourth-order valence-corrected chi connectivity index (χ4v) is 0. The summed E-state index contributed by atoms with van der Waals surface area (Å²) in [6.07, 6.45) is 0. The average molecular weight is 334 g/mol. The van der Waals surface area contributed by atoms with Crippen LogP contribution in [0.2, 0.25) is 0 Å². The van der Waals surface area contributed by atoms with Gasteiger partial charge in [0.25, 0.3) is 0 Å². The molecule has 0 saturated carbocycles. The summed E-state index contributed by atoms with van der Waals surface area (Å²) >= 11 is 0. The number of hydrogen-bond acceptors (Lipinski definition) is 1. The zero-order chi connectivity index (χ0) is 4.50. The molecular formula is CH5O3PU. The summed E-state index contributed by atoms with van der Waals surface area (Å²) in [5.74, 6) is 0. The van der Waals surface area contributed by atoms with Crippen molar-refractivity contribution in [2.45, 2.75) is 0 Å². The van der Waals surface area contributed by atoms with E-state index in [2.05, 4.69) is 0 Å². The van der Waals surface area contributed by atoms with E-state index in [0.717, 1.165) is 6.66 Å². The van der Waals surface area contributed by atoms with Crippen molar-refractivity contribution in [3.63, 3.8) is 0 Å². The number of rotatable bonds is 0. The van der Waals surface area contributed by atoms with Gasteiger partial charge in [0.05, 0.1) is 0 Å². The first kappa shape index (κ1) is 10.2. The van der Waals surface area contributed by atoms with Crippen LogP contribution < -0.4 is 0 Å². The van der Waals surface area contributed by atoms with Crippen molar-refractivity contribution in [2.24, 2.45) is 0 Å². The quantitative estimate of drug-likeness (QED) is 0.603. The van der Waals surface area contributed by atoms with Gasteiger partial charge in [-0.15, -0.1) is 0 Å². The fraction of sp³-hybridized carbons (Fsp3) is 1.00. The average Bonchev–Trinajstić information content (AvgIpc) is 0.722. The second-order valence-electron chi connectivity index (χ2n) is 0.835. The number of hydrogen-bond donors (Lipinski definition) is 2. The molecule has 0 heterocycles. The van der Waals surface area contributed by atoms with Gasteiger partial charge >= 0.3 is 7.60 Å². The van der Waals surface area contributed by atoms with Crippen LogP contribution in [0.4, 0.5) is 0 Å². The van der Waals surface area contributed by atoms with Crippen LogP contribution in [0.15, 0.2) is 0 Å². The molecule has 0 radical (unpaired) electrons. The van der Waals surface area contributed by atoms with Crippen molar-refractivity contribution >= 4 is 7.60 Å². The summed E-state index contributed by atoms with van der Waals surface area (Å²) in [5, 5.41) is 0. The maximum atomic E-state index is 9.33. The van der Waals surface area contributed by atoms with Crippen LogP contribution in [0.3, 0.4) is 0 Å². The van der Waals surface area contributed by atoms with Gasteiger partial charge in [0.15, 0.2) is 0 Å². The molecule has 2 N–H and O–H groups in total. The molecule has 0 rings (SSSR count). The zero-order valence-electron chi connectivity index (χ0n) is 3.25. The standard InChI is InChI=1S/CH5O3P.U/c1-5(2,3)4;/h1H3,(H2,2,3,4);. The molecule has 0 aromatic heterocycles. The van der Waals surface area contributed by atoms with Crippen LogP contribution in [0.5, 0.6) is 0 Å². The first-order valence-corrected chi connectivity index (χ1v) is 3.09. The Hall–Kier alpha value is 1.20. The Morgan fingerprint density at radius 2 is 1.50 bits per heavy atom. The normalized spacial score (nSPS) is 9.83. The smallest absolute Gasteiger partial charge is 0.322 e. The second kappa shape index (κ2) is 3.24. The van der Waals surface area contributed by atoms with Crippen molar-refractivity contribution in [3.8, 4) is 0 Å². The van der Waals surface area contributed by atoms with E-state index in [1.165, 1.54) is 0 Å². The van der Waals surface area contributed by atoms with E-state index >= 15 is 0 Å². The monoisotopic (exact) mass is 334 g/mol. The van der Waals surface area contributed by atoms with Crippen molar-refractivity contribution in [3.05, 3.63) is 0 Å². The molecule has 0 aliphatic carbocycles. The summed E-state index contributed by atoms with van der Waals surface area (Å²) in [6, 6.07) is 0. The maximum absolute atomic E-state index is 9.33. The molecular weight excluding hydrogens is 329 g/mol. The molecule has 0 unspecified atom stereocenters. The van der Waals surface area contributed by atoms with Crippen LogP contribution in [-0.4, -0.2) is 16.5 Å². The Kier molecular flexibility index (Phi) is 5.52. The molecule has 0 bridgehead atoms. The summed E-state index contributed by atoms with van der Waals surface area (Å²) in [5.41, 5.74) is 0. The van der Waals surface area contributed by atoms with E-state index in [-0.39, 0.29) is 31.1 Å².